The molecule has 0 saturated carbocycles. The van der Waals surface area contributed by atoms with Crippen molar-refractivity contribution < 1.29 is 13.2 Å². The van der Waals surface area contributed by atoms with E-state index in [2.05, 4.69) is 34.5 Å². The average Bonchev–Trinajstić information content (AvgIpc) is 3.32. The SMILES string of the molecule is O=C(CN1CCC(Cc2ccccc2)CC1)Nc1ccc(S(=O)(=O)N2CCCC2)cc1. The molecule has 0 unspecified atom stereocenters. The summed E-state index contributed by atoms with van der Waals surface area (Å²) in [6.07, 6.45) is 5.14. The van der Waals surface area contributed by atoms with E-state index in [9.17, 15) is 13.2 Å². The van der Waals surface area contributed by atoms with E-state index in [-0.39, 0.29) is 10.8 Å². The molecule has 0 aromatic heterocycles. The number of nitrogens with zero attached hydrogens (tertiary/aromatic N) is 2. The van der Waals surface area contributed by atoms with Crippen molar-refractivity contribution in [2.75, 3.05) is 38.0 Å². The minimum atomic E-state index is -3.42. The molecule has 2 saturated heterocycles. The van der Waals surface area contributed by atoms with Crippen molar-refractivity contribution in [3.05, 3.63) is 60.2 Å². The highest BCUT2D eigenvalue weighted by Crippen LogP contribution is 2.23. The van der Waals surface area contributed by atoms with Gasteiger partial charge in [0.2, 0.25) is 15.9 Å². The van der Waals surface area contributed by atoms with Gasteiger partial charge in [0.1, 0.15) is 0 Å². The third-order valence-corrected chi connectivity index (χ3v) is 8.20. The van der Waals surface area contributed by atoms with Gasteiger partial charge < -0.3 is 5.32 Å². The maximum atomic E-state index is 12.6. The number of piperidine rings is 1. The molecule has 0 atom stereocenters. The second-order valence-corrected chi connectivity index (χ2v) is 10.5. The van der Waals surface area contributed by atoms with E-state index in [1.54, 1.807) is 24.3 Å². The number of sulfonamides is 1. The van der Waals surface area contributed by atoms with E-state index in [1.165, 1.54) is 9.87 Å². The maximum absolute atomic E-state index is 12.6. The van der Waals surface area contributed by atoms with Crippen LogP contribution in [0.5, 0.6) is 0 Å². The van der Waals surface area contributed by atoms with Crippen LogP contribution < -0.4 is 5.32 Å². The molecule has 2 aromatic rings. The minimum absolute atomic E-state index is 0.0586. The molecule has 0 aliphatic carbocycles. The number of anilines is 1. The summed E-state index contributed by atoms with van der Waals surface area (Å²) in [5, 5.41) is 2.90. The molecule has 31 heavy (non-hydrogen) atoms. The monoisotopic (exact) mass is 441 g/mol. The predicted molar refractivity (Wildman–Crippen MR) is 122 cm³/mol. The Morgan fingerprint density at radius 2 is 1.55 bits per heavy atom. The Labute approximate surface area is 185 Å². The molecule has 1 N–H and O–H groups in total. The van der Waals surface area contributed by atoms with Gasteiger partial charge in [-0.1, -0.05) is 30.3 Å². The summed E-state index contributed by atoms with van der Waals surface area (Å²) in [6.45, 7) is 3.40. The highest BCUT2D eigenvalue weighted by molar-refractivity contribution is 7.89. The van der Waals surface area contributed by atoms with Crippen molar-refractivity contribution in [2.24, 2.45) is 5.92 Å². The largest absolute Gasteiger partial charge is 0.325 e. The van der Waals surface area contributed by atoms with Gasteiger partial charge in [-0.3, -0.25) is 9.69 Å². The molecular formula is C24H31N3O3S. The molecule has 2 heterocycles. The van der Waals surface area contributed by atoms with Crippen LogP contribution >= 0.6 is 0 Å². The summed E-state index contributed by atoms with van der Waals surface area (Å²) >= 11 is 0. The van der Waals surface area contributed by atoms with Crippen molar-refractivity contribution in [1.29, 1.82) is 0 Å². The van der Waals surface area contributed by atoms with Crippen LogP contribution in [0.15, 0.2) is 59.5 Å². The average molecular weight is 442 g/mol. The summed E-state index contributed by atoms with van der Waals surface area (Å²) in [5.74, 6) is 0.614. The molecule has 2 aliphatic rings. The van der Waals surface area contributed by atoms with E-state index in [0.717, 1.165) is 45.2 Å². The Kier molecular flexibility index (Phi) is 7.05. The zero-order chi connectivity index (χ0) is 21.7. The Bertz CT molecular complexity index is 963. The van der Waals surface area contributed by atoms with E-state index in [1.807, 2.05) is 6.07 Å². The van der Waals surface area contributed by atoms with Crippen LogP contribution in [0.1, 0.15) is 31.2 Å². The van der Waals surface area contributed by atoms with Gasteiger partial charge in [-0.2, -0.15) is 4.31 Å². The van der Waals surface area contributed by atoms with Crippen molar-refractivity contribution in [3.63, 3.8) is 0 Å². The van der Waals surface area contributed by atoms with Gasteiger partial charge in [-0.25, -0.2) is 8.42 Å². The van der Waals surface area contributed by atoms with Gasteiger partial charge in [-0.05, 0) is 80.9 Å². The maximum Gasteiger partial charge on any atom is 0.243 e. The van der Waals surface area contributed by atoms with E-state index in [4.69, 9.17) is 0 Å². The molecule has 2 aliphatic heterocycles. The number of hydrogen-bond donors (Lipinski definition) is 1. The number of amides is 1. The van der Waals surface area contributed by atoms with Crippen LogP contribution in [0.4, 0.5) is 5.69 Å². The van der Waals surface area contributed by atoms with Gasteiger partial charge in [0, 0.05) is 18.8 Å². The van der Waals surface area contributed by atoms with Gasteiger partial charge in [-0.15, -0.1) is 0 Å². The number of nitrogens with one attached hydrogen (secondary N) is 1. The highest BCUT2D eigenvalue weighted by atomic mass is 32.2. The minimum Gasteiger partial charge on any atom is -0.325 e. The van der Waals surface area contributed by atoms with E-state index in [0.29, 0.717) is 31.2 Å². The first-order chi connectivity index (χ1) is 15.0. The molecule has 0 spiro atoms. The number of benzene rings is 2. The summed E-state index contributed by atoms with van der Waals surface area (Å²) < 4.78 is 26.7. The number of carbonyl (C=O) groups is 1. The summed E-state index contributed by atoms with van der Waals surface area (Å²) in [4.78, 5) is 14.9. The van der Waals surface area contributed by atoms with Crippen molar-refractivity contribution in [3.8, 4) is 0 Å². The lowest BCUT2D eigenvalue weighted by Gasteiger charge is -2.31. The van der Waals surface area contributed by atoms with Crippen LogP contribution in [0.3, 0.4) is 0 Å². The molecular weight excluding hydrogens is 410 g/mol. The Hall–Kier alpha value is -2.22. The smallest absolute Gasteiger partial charge is 0.243 e. The van der Waals surface area contributed by atoms with Crippen molar-refractivity contribution in [2.45, 2.75) is 37.0 Å². The molecule has 6 nitrogen and oxygen atoms in total. The second kappa shape index (κ2) is 9.94. The summed E-state index contributed by atoms with van der Waals surface area (Å²) in [7, 11) is -3.42. The number of carbonyl (C=O) groups excluding carboxylic acids is 1. The molecule has 7 heteroatoms. The molecule has 0 bridgehead atoms. The normalized spacial score (nSPS) is 18.8. The van der Waals surface area contributed by atoms with Gasteiger partial charge in [0.05, 0.1) is 11.4 Å². The molecule has 2 aromatic carbocycles. The molecule has 4 rings (SSSR count). The fraction of sp³-hybridized carbons (Fsp3) is 0.458. The topological polar surface area (TPSA) is 69.7 Å². The predicted octanol–water partition coefficient (Wildman–Crippen LogP) is 3.36. The zero-order valence-electron chi connectivity index (χ0n) is 17.9. The zero-order valence-corrected chi connectivity index (χ0v) is 18.7. The molecule has 2 fully saturated rings. The quantitative estimate of drug-likeness (QED) is 0.715. The van der Waals surface area contributed by atoms with Crippen LogP contribution in [0.2, 0.25) is 0 Å². The third kappa shape index (κ3) is 5.73. The van der Waals surface area contributed by atoms with Gasteiger partial charge in [0.15, 0.2) is 0 Å². The lowest BCUT2D eigenvalue weighted by molar-refractivity contribution is -0.117. The first-order valence-corrected chi connectivity index (χ1v) is 12.6. The lowest BCUT2D eigenvalue weighted by atomic mass is 9.90. The lowest BCUT2D eigenvalue weighted by Crippen LogP contribution is -2.39. The Morgan fingerprint density at radius 1 is 0.903 bits per heavy atom. The molecule has 166 valence electrons. The van der Waals surface area contributed by atoms with Crippen LogP contribution in [-0.2, 0) is 21.2 Å². The number of likely N-dealkylation sites (tertiary alicyclic amines) is 1. The standard InChI is InChI=1S/C24H31N3O3S/c28-24(19-26-16-12-21(13-17-26)18-20-6-2-1-3-7-20)25-22-8-10-23(11-9-22)31(29,30)27-14-4-5-15-27/h1-3,6-11,21H,4-5,12-19H2,(H,25,28). The van der Waals surface area contributed by atoms with E-state index >= 15 is 0 Å². The first-order valence-electron chi connectivity index (χ1n) is 11.2. The van der Waals surface area contributed by atoms with Crippen LogP contribution in [0.25, 0.3) is 0 Å². The second-order valence-electron chi connectivity index (χ2n) is 8.59. The summed E-state index contributed by atoms with van der Waals surface area (Å²) in [6, 6.07) is 17.1. The molecule has 1 amide bonds. The Morgan fingerprint density at radius 3 is 2.19 bits per heavy atom. The van der Waals surface area contributed by atoms with Crippen molar-refractivity contribution >= 4 is 21.6 Å². The van der Waals surface area contributed by atoms with E-state index < -0.39 is 10.0 Å². The Balaban J connectivity index is 1.24. The number of hydrogen-bond acceptors (Lipinski definition) is 4. The third-order valence-electron chi connectivity index (χ3n) is 6.28. The summed E-state index contributed by atoms with van der Waals surface area (Å²) in [5.41, 5.74) is 2.01. The molecule has 0 radical (unpaired) electrons. The highest BCUT2D eigenvalue weighted by Gasteiger charge is 2.27. The fourth-order valence-corrected chi connectivity index (χ4v) is 6.00. The fourth-order valence-electron chi connectivity index (χ4n) is 4.49. The first kappa shape index (κ1) is 22.0. The van der Waals surface area contributed by atoms with Gasteiger partial charge in [0.25, 0.3) is 0 Å². The van der Waals surface area contributed by atoms with Crippen LogP contribution in [0, 0.1) is 5.92 Å². The van der Waals surface area contributed by atoms with Crippen molar-refractivity contribution in [1.82, 2.24) is 9.21 Å². The van der Waals surface area contributed by atoms with Gasteiger partial charge >= 0.3 is 0 Å². The number of rotatable bonds is 7. The van der Waals surface area contributed by atoms with Crippen LogP contribution in [-0.4, -0.2) is 56.3 Å².